The lowest BCUT2D eigenvalue weighted by atomic mass is 10.1. The van der Waals surface area contributed by atoms with Crippen LogP contribution in [-0.2, 0) is 9.63 Å². The van der Waals surface area contributed by atoms with E-state index < -0.39 is 5.54 Å². The van der Waals surface area contributed by atoms with Gasteiger partial charge in [-0.1, -0.05) is 0 Å². The summed E-state index contributed by atoms with van der Waals surface area (Å²) in [7, 11) is 0. The highest BCUT2D eigenvalue weighted by atomic mass is 16.7. The average molecular weight is 116 g/mol. The van der Waals surface area contributed by atoms with Crippen LogP contribution in [0.15, 0.2) is 0 Å². The fourth-order valence-corrected chi connectivity index (χ4v) is 0.434. The van der Waals surface area contributed by atoms with Crippen LogP contribution in [0.1, 0.15) is 6.92 Å². The molecule has 1 saturated heterocycles. The number of hydrogen-bond acceptors (Lipinski definition) is 3. The maximum atomic E-state index is 10.5. The summed E-state index contributed by atoms with van der Waals surface area (Å²) < 4.78 is 0. The van der Waals surface area contributed by atoms with Crippen LogP contribution in [0.2, 0.25) is 0 Å². The van der Waals surface area contributed by atoms with Gasteiger partial charge < -0.3 is 5.73 Å². The van der Waals surface area contributed by atoms with E-state index in [1.54, 1.807) is 6.92 Å². The molecule has 4 heteroatoms. The van der Waals surface area contributed by atoms with Gasteiger partial charge in [0.05, 0.1) is 0 Å². The van der Waals surface area contributed by atoms with Crippen molar-refractivity contribution in [3.8, 4) is 0 Å². The number of nitrogens with one attached hydrogen (secondary N) is 1. The molecule has 3 N–H and O–H groups in total. The molecule has 1 aliphatic rings. The molecule has 1 aliphatic heterocycles. The number of nitrogens with two attached hydrogens (primary N) is 1. The summed E-state index contributed by atoms with van der Waals surface area (Å²) in [6, 6.07) is 0. The molecule has 0 spiro atoms. The summed E-state index contributed by atoms with van der Waals surface area (Å²) in [6.07, 6.45) is 0. The standard InChI is InChI=1S/C4H8N2O2/c1-4(5)2-8-6-3(4)7/h2,5H2,1H3,(H,6,7)/t4-/m1/s1. The van der Waals surface area contributed by atoms with Gasteiger partial charge in [-0.05, 0) is 6.92 Å². The van der Waals surface area contributed by atoms with Crippen molar-refractivity contribution in [2.24, 2.45) is 5.73 Å². The van der Waals surface area contributed by atoms with Gasteiger partial charge in [-0.3, -0.25) is 9.63 Å². The first-order valence-electron chi connectivity index (χ1n) is 2.34. The largest absolute Gasteiger partial charge is 0.315 e. The summed E-state index contributed by atoms with van der Waals surface area (Å²) in [5.74, 6) is -0.252. The smallest absolute Gasteiger partial charge is 0.265 e. The third-order valence-corrected chi connectivity index (χ3v) is 1.06. The average Bonchev–Trinajstić information content (AvgIpc) is 1.86. The van der Waals surface area contributed by atoms with E-state index in [0.717, 1.165) is 0 Å². The number of hydroxylamine groups is 1. The molecule has 0 aromatic rings. The lowest BCUT2D eigenvalue weighted by Gasteiger charge is -2.07. The second-order valence-corrected chi connectivity index (χ2v) is 2.14. The van der Waals surface area contributed by atoms with Gasteiger partial charge >= 0.3 is 0 Å². The first kappa shape index (κ1) is 5.53. The molecular formula is C4H8N2O2. The van der Waals surface area contributed by atoms with Crippen molar-refractivity contribution in [1.82, 2.24) is 5.48 Å². The molecule has 1 heterocycles. The molecule has 1 rings (SSSR count). The Balaban J connectivity index is 2.68. The quantitative estimate of drug-likeness (QED) is 0.416. The van der Waals surface area contributed by atoms with E-state index in [1.165, 1.54) is 0 Å². The Labute approximate surface area is 46.9 Å². The molecule has 0 aromatic carbocycles. The van der Waals surface area contributed by atoms with Gasteiger partial charge in [0.1, 0.15) is 12.1 Å². The Bertz CT molecular complexity index is 121. The second-order valence-electron chi connectivity index (χ2n) is 2.14. The predicted octanol–water partition coefficient (Wildman–Crippen LogP) is -1.23. The van der Waals surface area contributed by atoms with Crippen LogP contribution in [0.5, 0.6) is 0 Å². The normalized spacial score (nSPS) is 37.5. The van der Waals surface area contributed by atoms with Gasteiger partial charge in [0.15, 0.2) is 0 Å². The van der Waals surface area contributed by atoms with E-state index in [9.17, 15) is 4.79 Å². The first-order valence-corrected chi connectivity index (χ1v) is 2.34. The predicted molar refractivity (Wildman–Crippen MR) is 26.7 cm³/mol. The van der Waals surface area contributed by atoms with Crippen molar-refractivity contribution in [2.45, 2.75) is 12.5 Å². The van der Waals surface area contributed by atoms with Gasteiger partial charge in [0.25, 0.3) is 5.91 Å². The summed E-state index contributed by atoms with van der Waals surface area (Å²) in [4.78, 5) is 15.1. The van der Waals surface area contributed by atoms with Gasteiger partial charge in [-0.25, -0.2) is 5.48 Å². The number of carbonyl (C=O) groups excluding carboxylic acids is 1. The Morgan fingerprint density at radius 3 is 2.75 bits per heavy atom. The van der Waals surface area contributed by atoms with E-state index in [4.69, 9.17) is 5.73 Å². The molecule has 1 fully saturated rings. The fraction of sp³-hybridized carbons (Fsp3) is 0.750. The summed E-state index contributed by atoms with van der Waals surface area (Å²) in [6.45, 7) is 1.88. The SMILES string of the molecule is C[C@@]1(N)CONC1=O. The Hall–Kier alpha value is -0.610. The number of carbonyl (C=O) groups is 1. The molecule has 4 nitrogen and oxygen atoms in total. The lowest BCUT2D eigenvalue weighted by molar-refractivity contribution is -0.126. The minimum absolute atomic E-state index is 0.252. The molecule has 0 saturated carbocycles. The topological polar surface area (TPSA) is 64.3 Å². The Morgan fingerprint density at radius 2 is 2.62 bits per heavy atom. The zero-order valence-corrected chi connectivity index (χ0v) is 4.60. The molecular weight excluding hydrogens is 108 g/mol. The van der Waals surface area contributed by atoms with E-state index in [2.05, 4.69) is 10.3 Å². The molecule has 0 bridgehead atoms. The van der Waals surface area contributed by atoms with E-state index in [0.29, 0.717) is 0 Å². The highest BCUT2D eigenvalue weighted by Gasteiger charge is 2.34. The molecule has 8 heavy (non-hydrogen) atoms. The van der Waals surface area contributed by atoms with Gasteiger partial charge in [-0.15, -0.1) is 0 Å². The third kappa shape index (κ3) is 0.677. The van der Waals surface area contributed by atoms with Crippen LogP contribution in [0.4, 0.5) is 0 Å². The van der Waals surface area contributed by atoms with Crippen molar-refractivity contribution < 1.29 is 9.63 Å². The summed E-state index contributed by atoms with van der Waals surface area (Å²) in [5, 5.41) is 0. The Kier molecular flexibility index (Phi) is 0.988. The Morgan fingerprint density at radius 1 is 2.00 bits per heavy atom. The maximum absolute atomic E-state index is 10.5. The van der Waals surface area contributed by atoms with Crippen LogP contribution >= 0.6 is 0 Å². The van der Waals surface area contributed by atoms with Crippen LogP contribution in [-0.4, -0.2) is 18.1 Å². The van der Waals surface area contributed by atoms with Crippen molar-refractivity contribution in [3.63, 3.8) is 0 Å². The van der Waals surface area contributed by atoms with Crippen LogP contribution < -0.4 is 11.2 Å². The van der Waals surface area contributed by atoms with Crippen molar-refractivity contribution in [3.05, 3.63) is 0 Å². The van der Waals surface area contributed by atoms with Gasteiger partial charge in [0.2, 0.25) is 0 Å². The first-order chi connectivity index (χ1) is 3.63. The third-order valence-electron chi connectivity index (χ3n) is 1.06. The molecule has 1 amide bonds. The van der Waals surface area contributed by atoms with Crippen LogP contribution in [0.25, 0.3) is 0 Å². The zero-order valence-electron chi connectivity index (χ0n) is 4.60. The van der Waals surface area contributed by atoms with Crippen molar-refractivity contribution in [1.29, 1.82) is 0 Å². The van der Waals surface area contributed by atoms with Crippen LogP contribution in [0.3, 0.4) is 0 Å². The van der Waals surface area contributed by atoms with E-state index in [-0.39, 0.29) is 12.5 Å². The molecule has 46 valence electrons. The molecule has 1 atom stereocenters. The van der Waals surface area contributed by atoms with Gasteiger partial charge in [-0.2, -0.15) is 0 Å². The molecule has 0 aromatic heterocycles. The fourth-order valence-electron chi connectivity index (χ4n) is 0.434. The number of rotatable bonds is 0. The van der Waals surface area contributed by atoms with Crippen molar-refractivity contribution in [2.75, 3.05) is 6.61 Å². The lowest BCUT2D eigenvalue weighted by Crippen LogP contribution is -2.45. The molecule has 0 radical (unpaired) electrons. The highest BCUT2D eigenvalue weighted by molar-refractivity contribution is 5.86. The van der Waals surface area contributed by atoms with Crippen molar-refractivity contribution >= 4 is 5.91 Å². The number of hydrogen-bond donors (Lipinski definition) is 2. The monoisotopic (exact) mass is 116 g/mol. The maximum Gasteiger partial charge on any atom is 0.265 e. The van der Waals surface area contributed by atoms with Gasteiger partial charge in [0, 0.05) is 0 Å². The summed E-state index contributed by atoms with van der Waals surface area (Å²) in [5.41, 5.74) is 6.71. The minimum Gasteiger partial charge on any atom is -0.315 e. The minimum atomic E-state index is -0.819. The molecule has 0 unspecified atom stereocenters. The molecule has 0 aliphatic carbocycles. The summed E-state index contributed by atoms with van der Waals surface area (Å²) >= 11 is 0. The van der Waals surface area contributed by atoms with Crippen LogP contribution in [0, 0.1) is 0 Å². The second kappa shape index (κ2) is 1.43. The van der Waals surface area contributed by atoms with E-state index in [1.807, 2.05) is 0 Å². The van der Waals surface area contributed by atoms with E-state index >= 15 is 0 Å². The zero-order chi connectivity index (χ0) is 6.20. The highest BCUT2D eigenvalue weighted by Crippen LogP contribution is 2.04. The number of amides is 1.